The molecule has 0 unspecified atom stereocenters. The number of carbonyl (C=O) groups excluding carboxylic acids is 2. The highest BCUT2D eigenvalue weighted by Crippen LogP contribution is 2.26. The molecule has 0 radical (unpaired) electrons. The van der Waals surface area contributed by atoms with Crippen molar-refractivity contribution in [1.29, 1.82) is 0 Å². The Balaban J connectivity index is 1.36. The first-order valence-electron chi connectivity index (χ1n) is 10.2. The Morgan fingerprint density at radius 1 is 1.06 bits per heavy atom. The molecular formula is C23H24Cl2N4O3. The van der Waals surface area contributed by atoms with E-state index in [0.29, 0.717) is 22.3 Å². The second-order valence-corrected chi connectivity index (χ2v) is 7.99. The molecule has 0 spiro atoms. The Morgan fingerprint density at radius 3 is 2.69 bits per heavy atom. The lowest BCUT2D eigenvalue weighted by molar-refractivity contribution is -0.123. The highest BCUT2D eigenvalue weighted by atomic mass is 35.5. The van der Waals surface area contributed by atoms with Crippen molar-refractivity contribution in [3.63, 3.8) is 0 Å². The number of ether oxygens (including phenoxy) is 1. The lowest BCUT2D eigenvalue weighted by Gasteiger charge is -2.08. The second-order valence-electron chi connectivity index (χ2n) is 7.18. The number of hydrogen-bond donors (Lipinski definition) is 2. The van der Waals surface area contributed by atoms with Gasteiger partial charge in [0.2, 0.25) is 5.91 Å². The molecule has 32 heavy (non-hydrogen) atoms. The molecule has 7 nitrogen and oxygen atoms in total. The Hall–Kier alpha value is -3.03. The summed E-state index contributed by atoms with van der Waals surface area (Å²) in [6.07, 6.45) is 5.44. The number of unbranched alkanes of at least 4 members (excludes halogenated alkanes) is 1. The Morgan fingerprint density at radius 2 is 1.91 bits per heavy atom. The molecular weight excluding hydrogens is 451 g/mol. The summed E-state index contributed by atoms with van der Waals surface area (Å²) in [7, 11) is 0. The number of nitrogens with zero attached hydrogens (tertiary/aromatic N) is 2. The van der Waals surface area contributed by atoms with E-state index < -0.39 is 0 Å². The molecule has 1 aromatic heterocycles. The summed E-state index contributed by atoms with van der Waals surface area (Å²) in [6.45, 7) is 2.69. The molecule has 0 saturated heterocycles. The molecule has 0 saturated carbocycles. The fourth-order valence-corrected chi connectivity index (χ4v) is 3.30. The fourth-order valence-electron chi connectivity index (χ4n) is 3.01. The van der Waals surface area contributed by atoms with Crippen molar-refractivity contribution in [2.45, 2.75) is 26.3 Å². The molecule has 1 heterocycles. The zero-order chi connectivity index (χ0) is 22.9. The van der Waals surface area contributed by atoms with E-state index in [0.717, 1.165) is 36.2 Å². The predicted octanol–water partition coefficient (Wildman–Crippen LogP) is 4.79. The van der Waals surface area contributed by atoms with E-state index in [1.165, 1.54) is 6.92 Å². The van der Waals surface area contributed by atoms with E-state index in [2.05, 4.69) is 15.7 Å². The van der Waals surface area contributed by atoms with E-state index in [-0.39, 0.29) is 18.4 Å². The van der Waals surface area contributed by atoms with Gasteiger partial charge in [0.05, 0.1) is 16.2 Å². The standard InChI is InChI=1S/C23H24Cl2N4O3/c1-16(30)28-19-6-4-5-17(11-19)18-13-27-29(14-18)10-3-2-9-26-23(31)15-32-20-7-8-21(24)22(25)12-20/h4-8,11-14H,2-3,9-10,15H2,1H3,(H,26,31)(H,28,30). The molecule has 0 aliphatic carbocycles. The van der Waals surface area contributed by atoms with E-state index >= 15 is 0 Å². The van der Waals surface area contributed by atoms with E-state index in [4.69, 9.17) is 27.9 Å². The summed E-state index contributed by atoms with van der Waals surface area (Å²) in [5, 5.41) is 10.8. The van der Waals surface area contributed by atoms with Crippen LogP contribution in [-0.2, 0) is 16.1 Å². The van der Waals surface area contributed by atoms with Gasteiger partial charge in [-0.25, -0.2) is 0 Å². The van der Waals surface area contributed by atoms with Crippen molar-refractivity contribution < 1.29 is 14.3 Å². The number of rotatable bonds is 10. The van der Waals surface area contributed by atoms with Crippen LogP contribution < -0.4 is 15.4 Å². The molecule has 3 aromatic rings. The molecule has 168 valence electrons. The van der Waals surface area contributed by atoms with Crippen molar-refractivity contribution in [3.8, 4) is 16.9 Å². The van der Waals surface area contributed by atoms with Crippen molar-refractivity contribution >= 4 is 40.7 Å². The smallest absolute Gasteiger partial charge is 0.257 e. The van der Waals surface area contributed by atoms with Crippen LogP contribution in [-0.4, -0.2) is 34.7 Å². The molecule has 2 amide bonds. The van der Waals surface area contributed by atoms with Crippen LogP contribution in [0.4, 0.5) is 5.69 Å². The van der Waals surface area contributed by atoms with Gasteiger partial charge in [-0.05, 0) is 42.7 Å². The quantitative estimate of drug-likeness (QED) is 0.413. The normalized spacial score (nSPS) is 10.6. The number of nitrogens with one attached hydrogen (secondary N) is 2. The van der Waals surface area contributed by atoms with Gasteiger partial charge in [-0.2, -0.15) is 5.10 Å². The minimum absolute atomic E-state index is 0.0853. The van der Waals surface area contributed by atoms with Crippen molar-refractivity contribution in [2.24, 2.45) is 0 Å². The van der Waals surface area contributed by atoms with E-state index in [1.807, 2.05) is 35.1 Å². The largest absolute Gasteiger partial charge is 0.484 e. The van der Waals surface area contributed by atoms with Gasteiger partial charge in [0.1, 0.15) is 5.75 Å². The minimum Gasteiger partial charge on any atom is -0.484 e. The third-order valence-corrected chi connectivity index (χ3v) is 5.29. The van der Waals surface area contributed by atoms with Crippen LogP contribution in [0.3, 0.4) is 0 Å². The predicted molar refractivity (Wildman–Crippen MR) is 126 cm³/mol. The zero-order valence-corrected chi connectivity index (χ0v) is 19.1. The molecule has 3 rings (SSSR count). The number of carbonyl (C=O) groups is 2. The maximum absolute atomic E-state index is 11.9. The Bertz CT molecular complexity index is 1080. The highest BCUT2D eigenvalue weighted by molar-refractivity contribution is 6.42. The van der Waals surface area contributed by atoms with Crippen LogP contribution in [0.25, 0.3) is 11.1 Å². The maximum atomic E-state index is 11.9. The monoisotopic (exact) mass is 474 g/mol. The van der Waals surface area contributed by atoms with Gasteiger partial charge in [0.15, 0.2) is 6.61 Å². The second kappa shape index (κ2) is 11.5. The summed E-state index contributed by atoms with van der Waals surface area (Å²) in [5.74, 6) is 0.189. The molecule has 0 aliphatic heterocycles. The molecule has 0 fully saturated rings. The fraction of sp³-hybridized carbons (Fsp3) is 0.261. The zero-order valence-electron chi connectivity index (χ0n) is 17.6. The number of hydrogen-bond acceptors (Lipinski definition) is 4. The highest BCUT2D eigenvalue weighted by Gasteiger charge is 2.06. The summed E-state index contributed by atoms with van der Waals surface area (Å²) in [6, 6.07) is 12.5. The van der Waals surface area contributed by atoms with E-state index in [9.17, 15) is 9.59 Å². The number of anilines is 1. The van der Waals surface area contributed by atoms with Gasteiger partial charge in [0, 0.05) is 43.5 Å². The third kappa shape index (κ3) is 7.28. The average molecular weight is 475 g/mol. The van der Waals surface area contributed by atoms with Gasteiger partial charge in [0.25, 0.3) is 5.91 Å². The number of amides is 2. The number of aromatic nitrogens is 2. The van der Waals surface area contributed by atoms with Crippen LogP contribution in [0, 0.1) is 0 Å². The van der Waals surface area contributed by atoms with Crippen molar-refractivity contribution in [1.82, 2.24) is 15.1 Å². The Labute approximate surface area is 196 Å². The third-order valence-electron chi connectivity index (χ3n) is 4.55. The first-order valence-corrected chi connectivity index (χ1v) is 10.9. The first kappa shape index (κ1) is 23.6. The Kier molecular flexibility index (Phi) is 8.53. The number of benzene rings is 2. The SMILES string of the molecule is CC(=O)Nc1cccc(-c2cnn(CCCCNC(=O)COc3ccc(Cl)c(Cl)c3)c2)c1. The van der Waals surface area contributed by atoms with Gasteiger partial charge in [-0.15, -0.1) is 0 Å². The topological polar surface area (TPSA) is 85.3 Å². The van der Waals surface area contributed by atoms with Gasteiger partial charge < -0.3 is 15.4 Å². The molecule has 0 bridgehead atoms. The molecule has 2 aromatic carbocycles. The first-order chi connectivity index (χ1) is 15.4. The summed E-state index contributed by atoms with van der Waals surface area (Å²) in [4.78, 5) is 23.2. The van der Waals surface area contributed by atoms with E-state index in [1.54, 1.807) is 24.4 Å². The van der Waals surface area contributed by atoms with Crippen LogP contribution in [0.5, 0.6) is 5.75 Å². The summed E-state index contributed by atoms with van der Waals surface area (Å²) in [5.41, 5.74) is 2.71. The van der Waals surface area contributed by atoms with Crippen LogP contribution in [0.2, 0.25) is 10.0 Å². The van der Waals surface area contributed by atoms with Gasteiger partial charge in [-0.1, -0.05) is 35.3 Å². The van der Waals surface area contributed by atoms with Gasteiger partial charge in [-0.3, -0.25) is 14.3 Å². The number of aryl methyl sites for hydroxylation is 1. The van der Waals surface area contributed by atoms with Crippen LogP contribution in [0.15, 0.2) is 54.9 Å². The summed E-state index contributed by atoms with van der Waals surface area (Å²) < 4.78 is 7.28. The average Bonchev–Trinajstić information content (AvgIpc) is 3.23. The van der Waals surface area contributed by atoms with Crippen LogP contribution >= 0.6 is 23.2 Å². The minimum atomic E-state index is -0.198. The van der Waals surface area contributed by atoms with Crippen LogP contribution in [0.1, 0.15) is 19.8 Å². The van der Waals surface area contributed by atoms with Crippen molar-refractivity contribution in [2.75, 3.05) is 18.5 Å². The summed E-state index contributed by atoms with van der Waals surface area (Å²) >= 11 is 11.8. The molecule has 0 aliphatic rings. The van der Waals surface area contributed by atoms with Gasteiger partial charge >= 0.3 is 0 Å². The molecule has 9 heteroatoms. The lowest BCUT2D eigenvalue weighted by atomic mass is 10.1. The number of halogens is 2. The molecule has 0 atom stereocenters. The lowest BCUT2D eigenvalue weighted by Crippen LogP contribution is -2.29. The molecule has 2 N–H and O–H groups in total. The maximum Gasteiger partial charge on any atom is 0.257 e. The van der Waals surface area contributed by atoms with Crippen molar-refractivity contribution in [3.05, 3.63) is 64.9 Å².